The lowest BCUT2D eigenvalue weighted by atomic mass is 9.90. The first-order valence-corrected chi connectivity index (χ1v) is 11.5. The zero-order valence-corrected chi connectivity index (χ0v) is 20.6. The predicted octanol–water partition coefficient (Wildman–Crippen LogP) is 5.55. The zero-order chi connectivity index (χ0) is 24.5. The summed E-state index contributed by atoms with van der Waals surface area (Å²) in [5.41, 5.74) is 0.420. The van der Waals surface area contributed by atoms with E-state index in [4.69, 9.17) is 9.47 Å². The van der Waals surface area contributed by atoms with Crippen LogP contribution in [0.25, 0.3) is 0 Å². The predicted molar refractivity (Wildman–Crippen MR) is 125 cm³/mol. The molecule has 0 saturated heterocycles. The molecule has 1 aromatic heterocycles. The Morgan fingerprint density at radius 2 is 1.91 bits per heavy atom. The average molecular weight is 474 g/mol. The number of esters is 1. The molecule has 3 rings (SSSR count). The highest BCUT2D eigenvalue weighted by Gasteiger charge is 2.44. The monoisotopic (exact) mass is 473 g/mol. The molecule has 0 N–H and O–H groups in total. The van der Waals surface area contributed by atoms with E-state index >= 15 is 0 Å². The van der Waals surface area contributed by atoms with Crippen molar-refractivity contribution in [2.24, 2.45) is 4.99 Å². The summed E-state index contributed by atoms with van der Waals surface area (Å²) in [7, 11) is 0. The summed E-state index contributed by atoms with van der Waals surface area (Å²) in [4.78, 5) is 36.9. The second-order valence-electron chi connectivity index (χ2n) is 8.93. The van der Waals surface area contributed by atoms with Crippen molar-refractivity contribution in [2.75, 3.05) is 0 Å². The van der Waals surface area contributed by atoms with Gasteiger partial charge in [-0.15, -0.1) is 11.3 Å². The molecule has 1 atom stereocenters. The molecule has 1 aliphatic rings. The molecule has 0 spiro atoms. The summed E-state index contributed by atoms with van der Waals surface area (Å²) in [6, 6.07) is 3.54. The number of allylic oxidation sites excluding steroid dienone is 1. The van der Waals surface area contributed by atoms with Crippen LogP contribution in [0.1, 0.15) is 63.7 Å². The molecule has 33 heavy (non-hydrogen) atoms. The summed E-state index contributed by atoms with van der Waals surface area (Å²) in [5, 5.41) is 2.23. The number of halogens is 1. The van der Waals surface area contributed by atoms with Crippen LogP contribution in [-0.2, 0) is 14.3 Å². The Morgan fingerprint density at radius 1 is 1.21 bits per heavy atom. The first-order chi connectivity index (χ1) is 15.4. The first kappa shape index (κ1) is 24.6. The van der Waals surface area contributed by atoms with Gasteiger partial charge in [0.15, 0.2) is 10.8 Å². The molecule has 1 aromatic carbocycles. The van der Waals surface area contributed by atoms with Gasteiger partial charge in [0.1, 0.15) is 17.5 Å². The molecule has 9 heteroatoms. The van der Waals surface area contributed by atoms with Crippen LogP contribution in [0.3, 0.4) is 0 Å². The molecule has 0 aliphatic carbocycles. The summed E-state index contributed by atoms with van der Waals surface area (Å²) < 4.78 is 25.8. The van der Waals surface area contributed by atoms with Crippen LogP contribution in [0.15, 0.2) is 46.0 Å². The molecule has 0 saturated carbocycles. The fourth-order valence-electron chi connectivity index (χ4n) is 3.46. The molecular formula is C24H28FN3O4S. The Bertz CT molecular complexity index is 1120. The number of nitrogens with zero attached hydrogens (tertiary/aromatic N) is 3. The summed E-state index contributed by atoms with van der Waals surface area (Å²) in [6.45, 7) is 12.0. The van der Waals surface area contributed by atoms with Crippen molar-refractivity contribution >= 4 is 29.2 Å². The van der Waals surface area contributed by atoms with Crippen LogP contribution in [0.4, 0.5) is 9.18 Å². The van der Waals surface area contributed by atoms with Gasteiger partial charge in [-0.3, -0.25) is 0 Å². The summed E-state index contributed by atoms with van der Waals surface area (Å²) in [5.74, 6) is -0.859. The number of thiazole rings is 1. The van der Waals surface area contributed by atoms with Crippen molar-refractivity contribution in [1.82, 2.24) is 9.88 Å². The summed E-state index contributed by atoms with van der Waals surface area (Å²) in [6.07, 6.45) is 0.471. The zero-order valence-electron chi connectivity index (χ0n) is 19.8. The fraction of sp³-hybridized carbons (Fsp3) is 0.417. The minimum Gasteiger partial charge on any atom is -0.459 e. The lowest BCUT2D eigenvalue weighted by molar-refractivity contribution is -0.143. The molecule has 0 bridgehead atoms. The normalized spacial score (nSPS) is 16.7. The fourth-order valence-corrected chi connectivity index (χ4v) is 4.08. The number of hydrogen-bond donors (Lipinski definition) is 0. The van der Waals surface area contributed by atoms with E-state index in [1.807, 2.05) is 0 Å². The lowest BCUT2D eigenvalue weighted by Crippen LogP contribution is -2.47. The molecule has 0 fully saturated rings. The molecule has 176 valence electrons. The molecule has 1 aliphatic heterocycles. The maximum absolute atomic E-state index is 14.6. The summed E-state index contributed by atoms with van der Waals surface area (Å²) >= 11 is 1.29. The molecule has 2 aromatic rings. The molecule has 2 heterocycles. The Kier molecular flexibility index (Phi) is 7.02. The highest BCUT2D eigenvalue weighted by molar-refractivity contribution is 7.11. The molecule has 0 radical (unpaired) electrons. The minimum absolute atomic E-state index is 0.142. The number of amides is 1. The number of carbonyl (C=O) groups excluding carboxylic acids is 2. The quantitative estimate of drug-likeness (QED) is 0.544. The third kappa shape index (κ3) is 5.30. The Balaban J connectivity index is 2.30. The number of aromatic nitrogens is 1. The van der Waals surface area contributed by atoms with E-state index in [-0.39, 0.29) is 11.4 Å². The van der Waals surface area contributed by atoms with Crippen LogP contribution in [-0.4, -0.2) is 39.5 Å². The van der Waals surface area contributed by atoms with E-state index in [2.05, 4.69) is 9.98 Å². The lowest BCUT2D eigenvalue weighted by Gasteiger charge is -2.38. The van der Waals surface area contributed by atoms with Gasteiger partial charge in [0.05, 0.1) is 17.4 Å². The topological polar surface area (TPSA) is 81.1 Å². The van der Waals surface area contributed by atoms with Gasteiger partial charge in [0.25, 0.3) is 0 Å². The van der Waals surface area contributed by atoms with E-state index in [1.165, 1.54) is 22.3 Å². The number of benzene rings is 1. The van der Waals surface area contributed by atoms with Crippen LogP contribution in [0.2, 0.25) is 0 Å². The van der Waals surface area contributed by atoms with Crippen LogP contribution < -0.4 is 0 Å². The molecule has 1 unspecified atom stereocenters. The number of carbonyl (C=O) groups is 2. The van der Waals surface area contributed by atoms with Crippen molar-refractivity contribution in [3.63, 3.8) is 0 Å². The number of ether oxygens (including phenoxy) is 2. The molecule has 1 amide bonds. The van der Waals surface area contributed by atoms with Gasteiger partial charge in [-0.05, 0) is 65.7 Å². The molecule has 7 nitrogen and oxygen atoms in total. The Labute approximate surface area is 196 Å². The van der Waals surface area contributed by atoms with Crippen molar-refractivity contribution in [3.05, 3.63) is 63.0 Å². The van der Waals surface area contributed by atoms with E-state index in [0.717, 1.165) is 0 Å². The average Bonchev–Trinajstić information content (AvgIpc) is 3.22. The largest absolute Gasteiger partial charge is 0.459 e. The van der Waals surface area contributed by atoms with Gasteiger partial charge in [-0.25, -0.2) is 28.9 Å². The van der Waals surface area contributed by atoms with Crippen molar-refractivity contribution in [3.8, 4) is 0 Å². The number of hydrogen-bond acceptors (Lipinski definition) is 7. The van der Waals surface area contributed by atoms with Crippen molar-refractivity contribution in [2.45, 2.75) is 66.2 Å². The van der Waals surface area contributed by atoms with E-state index in [1.54, 1.807) is 72.2 Å². The van der Waals surface area contributed by atoms with E-state index < -0.39 is 35.6 Å². The minimum atomic E-state index is -1.02. The Morgan fingerprint density at radius 3 is 2.48 bits per heavy atom. The van der Waals surface area contributed by atoms with Gasteiger partial charge in [0.2, 0.25) is 0 Å². The smallest absolute Gasteiger partial charge is 0.416 e. The highest BCUT2D eigenvalue weighted by atomic mass is 32.1. The second-order valence-corrected chi connectivity index (χ2v) is 9.83. The second kappa shape index (κ2) is 9.43. The van der Waals surface area contributed by atoms with Gasteiger partial charge in [-0.2, -0.15) is 0 Å². The number of amidine groups is 1. The highest BCUT2D eigenvalue weighted by Crippen LogP contribution is 2.40. The third-order valence-electron chi connectivity index (χ3n) is 4.80. The number of aliphatic imine (C=N–C) groups is 1. The number of rotatable bonds is 4. The van der Waals surface area contributed by atoms with Gasteiger partial charge in [0, 0.05) is 11.6 Å². The Hall–Kier alpha value is -3.07. The van der Waals surface area contributed by atoms with E-state index in [9.17, 15) is 14.0 Å². The van der Waals surface area contributed by atoms with Crippen LogP contribution in [0.5, 0.6) is 0 Å². The molecular weight excluding hydrogens is 445 g/mol. The maximum atomic E-state index is 14.6. The first-order valence-electron chi connectivity index (χ1n) is 10.6. The van der Waals surface area contributed by atoms with Gasteiger partial charge in [-0.1, -0.05) is 12.1 Å². The van der Waals surface area contributed by atoms with Crippen molar-refractivity contribution < 1.29 is 23.5 Å². The third-order valence-corrected chi connectivity index (χ3v) is 5.57. The van der Waals surface area contributed by atoms with Crippen LogP contribution >= 0.6 is 11.3 Å². The van der Waals surface area contributed by atoms with Gasteiger partial charge >= 0.3 is 12.1 Å². The van der Waals surface area contributed by atoms with Crippen LogP contribution in [0, 0.1) is 12.7 Å². The standard InChI is InChI=1S/C24H28FN3O4S/c1-13(2)31-22(29)18-15(4)27-20(21-26-11-12-33-21)28(23(30)32-24(5,6)7)19(18)16-9-8-10-17(25)14(16)3/h8-13,19H,1-7H3. The van der Waals surface area contributed by atoms with Crippen molar-refractivity contribution in [1.29, 1.82) is 0 Å². The maximum Gasteiger partial charge on any atom is 0.416 e. The van der Waals surface area contributed by atoms with Gasteiger partial charge < -0.3 is 9.47 Å². The van der Waals surface area contributed by atoms with E-state index in [0.29, 0.717) is 21.8 Å². The SMILES string of the molecule is CC1=C(C(=O)OC(C)C)C(c2cccc(F)c2C)N(C(=O)OC(C)(C)C)C(c2nccs2)=N1.